The molecule has 3 aliphatic rings. The third kappa shape index (κ3) is 2.28. The number of allylic oxidation sites excluding steroid dienone is 2. The van der Waals surface area contributed by atoms with Crippen molar-refractivity contribution in [3.8, 4) is 5.75 Å². The van der Waals surface area contributed by atoms with Crippen molar-refractivity contribution in [2.24, 2.45) is 5.92 Å². The lowest BCUT2D eigenvalue weighted by Gasteiger charge is -2.42. The van der Waals surface area contributed by atoms with Gasteiger partial charge in [-0.3, -0.25) is 9.59 Å². The van der Waals surface area contributed by atoms with E-state index < -0.39 is 0 Å². The predicted octanol–water partition coefficient (Wildman–Crippen LogP) is 3.47. The molecule has 0 spiro atoms. The Bertz CT molecular complexity index is 703. The molecule has 0 unspecified atom stereocenters. The SMILES string of the molecule is O=C1CCCC(O)=C1[C@@H]1c2ccccc2O[C@H]2CCCC(=O)[C@H]21. The minimum absolute atomic E-state index is 0.0208. The minimum Gasteiger partial charge on any atom is -0.512 e. The van der Waals surface area contributed by atoms with E-state index >= 15 is 0 Å². The molecule has 2 aliphatic carbocycles. The first-order chi connectivity index (χ1) is 11.2. The molecule has 0 radical (unpaired) electrons. The summed E-state index contributed by atoms with van der Waals surface area (Å²) >= 11 is 0. The number of benzene rings is 1. The summed E-state index contributed by atoms with van der Waals surface area (Å²) in [7, 11) is 0. The molecule has 1 fully saturated rings. The maximum absolute atomic E-state index is 12.6. The molecule has 23 heavy (non-hydrogen) atoms. The monoisotopic (exact) mass is 312 g/mol. The number of Topliss-reactive ketones (excluding diaryl/α,β-unsaturated/α-hetero) is 2. The van der Waals surface area contributed by atoms with Crippen LogP contribution >= 0.6 is 0 Å². The Hall–Kier alpha value is -2.10. The van der Waals surface area contributed by atoms with Crippen LogP contribution in [-0.2, 0) is 9.59 Å². The first kappa shape index (κ1) is 14.5. The number of hydrogen-bond donors (Lipinski definition) is 1. The summed E-state index contributed by atoms with van der Waals surface area (Å²) in [6, 6.07) is 7.61. The molecule has 1 aliphatic heterocycles. The fourth-order valence-corrected chi connectivity index (χ4v) is 4.30. The van der Waals surface area contributed by atoms with Crippen molar-refractivity contribution in [2.75, 3.05) is 0 Å². The summed E-state index contributed by atoms with van der Waals surface area (Å²) in [5.41, 5.74) is 1.32. The summed E-state index contributed by atoms with van der Waals surface area (Å²) < 4.78 is 6.06. The summed E-state index contributed by atoms with van der Waals surface area (Å²) in [6.07, 6.45) is 3.65. The van der Waals surface area contributed by atoms with Crippen molar-refractivity contribution < 1.29 is 19.4 Å². The molecule has 1 aromatic carbocycles. The quantitative estimate of drug-likeness (QED) is 0.862. The highest BCUT2D eigenvalue weighted by Gasteiger charge is 2.48. The number of rotatable bonds is 1. The van der Waals surface area contributed by atoms with Crippen LogP contribution in [0.1, 0.15) is 50.0 Å². The number of ether oxygens (including phenoxy) is 1. The van der Waals surface area contributed by atoms with Gasteiger partial charge in [0.05, 0.1) is 11.7 Å². The van der Waals surface area contributed by atoms with Crippen LogP contribution in [-0.4, -0.2) is 22.8 Å². The fraction of sp³-hybridized carbons (Fsp3) is 0.474. The van der Waals surface area contributed by atoms with Crippen LogP contribution in [0.3, 0.4) is 0 Å². The molecule has 3 atom stereocenters. The molecule has 1 aromatic rings. The molecule has 1 N–H and O–H groups in total. The summed E-state index contributed by atoms with van der Waals surface area (Å²) in [6.45, 7) is 0. The molecule has 4 rings (SSSR count). The van der Waals surface area contributed by atoms with Crippen molar-refractivity contribution in [2.45, 2.75) is 50.5 Å². The summed E-state index contributed by atoms with van der Waals surface area (Å²) in [4.78, 5) is 25.1. The van der Waals surface area contributed by atoms with Crippen LogP contribution in [0.5, 0.6) is 5.75 Å². The van der Waals surface area contributed by atoms with E-state index in [1.807, 2.05) is 24.3 Å². The van der Waals surface area contributed by atoms with Gasteiger partial charge in [-0.05, 0) is 25.3 Å². The zero-order valence-corrected chi connectivity index (χ0v) is 13.0. The molecule has 0 bridgehead atoms. The molecule has 0 aromatic heterocycles. The number of aliphatic hydroxyl groups is 1. The lowest BCUT2D eigenvalue weighted by atomic mass is 9.67. The van der Waals surface area contributed by atoms with Crippen molar-refractivity contribution in [3.63, 3.8) is 0 Å². The van der Waals surface area contributed by atoms with E-state index in [2.05, 4.69) is 0 Å². The van der Waals surface area contributed by atoms with Gasteiger partial charge in [-0.1, -0.05) is 18.2 Å². The number of fused-ring (bicyclic) bond motifs is 2. The van der Waals surface area contributed by atoms with Gasteiger partial charge in [0.1, 0.15) is 17.6 Å². The highest BCUT2D eigenvalue weighted by molar-refractivity contribution is 6.00. The lowest BCUT2D eigenvalue weighted by molar-refractivity contribution is -0.130. The standard InChI is InChI=1S/C19H20O4/c20-12-6-3-7-13(21)18(12)17-11-5-1-2-9-15(11)23-16-10-4-8-14(22)19(16)17/h1-2,5,9,16-17,19-20H,3-4,6-8,10H2/t16-,17-,19+/m0/s1. The number of para-hydroxylation sites is 1. The molecule has 120 valence electrons. The smallest absolute Gasteiger partial charge is 0.162 e. The largest absolute Gasteiger partial charge is 0.512 e. The van der Waals surface area contributed by atoms with Gasteiger partial charge in [0.2, 0.25) is 0 Å². The maximum atomic E-state index is 12.6. The molecular formula is C19H20O4. The van der Waals surface area contributed by atoms with Gasteiger partial charge in [0.25, 0.3) is 0 Å². The van der Waals surface area contributed by atoms with E-state index in [1.54, 1.807) is 0 Å². The molecule has 1 saturated carbocycles. The summed E-state index contributed by atoms with van der Waals surface area (Å²) in [5.74, 6) is 0.336. The maximum Gasteiger partial charge on any atom is 0.162 e. The molecule has 0 saturated heterocycles. The summed E-state index contributed by atoms with van der Waals surface area (Å²) in [5, 5.41) is 10.4. The Morgan fingerprint density at radius 2 is 1.87 bits per heavy atom. The highest BCUT2D eigenvalue weighted by atomic mass is 16.5. The number of carbonyl (C=O) groups is 2. The van der Waals surface area contributed by atoms with Crippen LogP contribution in [0.2, 0.25) is 0 Å². The normalized spacial score (nSPS) is 30.5. The van der Waals surface area contributed by atoms with Crippen LogP contribution < -0.4 is 4.74 Å². The second-order valence-electron chi connectivity index (χ2n) is 6.69. The van der Waals surface area contributed by atoms with Crippen molar-refractivity contribution >= 4 is 11.6 Å². The molecule has 0 amide bonds. The first-order valence-corrected chi connectivity index (χ1v) is 8.40. The first-order valence-electron chi connectivity index (χ1n) is 8.40. The fourth-order valence-electron chi connectivity index (χ4n) is 4.30. The zero-order chi connectivity index (χ0) is 16.0. The Labute approximate surface area is 135 Å². The second kappa shape index (κ2) is 5.52. The van der Waals surface area contributed by atoms with Crippen molar-refractivity contribution in [1.29, 1.82) is 0 Å². The predicted molar refractivity (Wildman–Crippen MR) is 84.5 cm³/mol. The van der Waals surface area contributed by atoms with Gasteiger partial charge >= 0.3 is 0 Å². The van der Waals surface area contributed by atoms with Crippen molar-refractivity contribution in [1.82, 2.24) is 0 Å². The average Bonchev–Trinajstić information content (AvgIpc) is 2.54. The Morgan fingerprint density at radius 3 is 2.70 bits per heavy atom. The van der Waals surface area contributed by atoms with Crippen LogP contribution in [0.25, 0.3) is 0 Å². The van der Waals surface area contributed by atoms with E-state index in [0.717, 1.165) is 24.2 Å². The third-order valence-corrected chi connectivity index (χ3v) is 5.32. The zero-order valence-electron chi connectivity index (χ0n) is 13.0. The number of aliphatic hydroxyl groups excluding tert-OH is 1. The van der Waals surface area contributed by atoms with E-state index in [-0.39, 0.29) is 35.3 Å². The highest BCUT2D eigenvalue weighted by Crippen LogP contribution is 2.49. The molecule has 1 heterocycles. The van der Waals surface area contributed by atoms with Gasteiger partial charge in [-0.25, -0.2) is 0 Å². The molecular weight excluding hydrogens is 292 g/mol. The van der Waals surface area contributed by atoms with Gasteiger partial charge in [0.15, 0.2) is 5.78 Å². The van der Waals surface area contributed by atoms with Crippen LogP contribution in [0, 0.1) is 5.92 Å². The van der Waals surface area contributed by atoms with Crippen LogP contribution in [0.4, 0.5) is 0 Å². The number of hydrogen-bond acceptors (Lipinski definition) is 4. The second-order valence-corrected chi connectivity index (χ2v) is 6.69. The van der Waals surface area contributed by atoms with E-state index in [1.165, 1.54) is 0 Å². The Morgan fingerprint density at radius 1 is 1.04 bits per heavy atom. The average molecular weight is 312 g/mol. The Balaban J connectivity index is 1.90. The van der Waals surface area contributed by atoms with Gasteiger partial charge in [0, 0.05) is 36.3 Å². The van der Waals surface area contributed by atoms with E-state index in [9.17, 15) is 14.7 Å². The topological polar surface area (TPSA) is 63.6 Å². The van der Waals surface area contributed by atoms with Gasteiger partial charge < -0.3 is 9.84 Å². The van der Waals surface area contributed by atoms with Crippen molar-refractivity contribution in [3.05, 3.63) is 41.2 Å². The van der Waals surface area contributed by atoms with Gasteiger partial charge in [-0.2, -0.15) is 0 Å². The number of ketones is 2. The molecule has 4 heteroatoms. The van der Waals surface area contributed by atoms with E-state index in [0.29, 0.717) is 31.3 Å². The number of carbonyl (C=O) groups excluding carboxylic acids is 2. The third-order valence-electron chi connectivity index (χ3n) is 5.32. The lowest BCUT2D eigenvalue weighted by Crippen LogP contribution is -2.45. The van der Waals surface area contributed by atoms with E-state index in [4.69, 9.17) is 4.74 Å². The van der Waals surface area contributed by atoms with Crippen LogP contribution in [0.15, 0.2) is 35.6 Å². The van der Waals surface area contributed by atoms with Gasteiger partial charge in [-0.15, -0.1) is 0 Å². The molecule has 4 nitrogen and oxygen atoms in total. The minimum atomic E-state index is -0.356. The Kier molecular flexibility index (Phi) is 3.47.